The Labute approximate surface area is 142 Å². The van der Waals surface area contributed by atoms with Crippen LogP contribution in [0, 0.1) is 12.8 Å². The molecule has 6 nitrogen and oxygen atoms in total. The van der Waals surface area contributed by atoms with Crippen LogP contribution in [0.5, 0.6) is 0 Å². The van der Waals surface area contributed by atoms with Gasteiger partial charge < -0.3 is 15.1 Å². The van der Waals surface area contributed by atoms with Gasteiger partial charge in [0.2, 0.25) is 12.0 Å². The van der Waals surface area contributed by atoms with E-state index < -0.39 is 6.10 Å². The third-order valence-corrected chi connectivity index (χ3v) is 3.86. The number of carbonyl (C=O) groups is 2. The topological polar surface area (TPSA) is 71.0 Å². The molecule has 0 saturated carbocycles. The zero-order chi connectivity index (χ0) is 17.7. The highest BCUT2D eigenvalue weighted by molar-refractivity contribution is 6.05. The average Bonchev–Trinajstić information content (AvgIpc) is 3.02. The maximum atomic E-state index is 12.4. The normalized spacial score (nSPS) is 16.5. The Morgan fingerprint density at radius 1 is 1.38 bits per heavy atom. The van der Waals surface area contributed by atoms with E-state index in [2.05, 4.69) is 10.5 Å². The van der Waals surface area contributed by atoms with Crippen LogP contribution in [0.3, 0.4) is 0 Å². The van der Waals surface area contributed by atoms with Gasteiger partial charge >= 0.3 is 0 Å². The van der Waals surface area contributed by atoms with Crippen LogP contribution in [0.1, 0.15) is 31.4 Å². The third kappa shape index (κ3) is 4.57. The maximum absolute atomic E-state index is 12.4. The van der Waals surface area contributed by atoms with E-state index in [1.54, 1.807) is 7.05 Å². The lowest BCUT2D eigenvalue weighted by Gasteiger charge is -2.19. The number of benzene rings is 1. The van der Waals surface area contributed by atoms with Gasteiger partial charge in [0.1, 0.15) is 0 Å². The molecule has 1 aromatic rings. The van der Waals surface area contributed by atoms with Crippen LogP contribution < -0.4 is 5.32 Å². The van der Waals surface area contributed by atoms with E-state index in [4.69, 9.17) is 4.84 Å². The molecule has 0 radical (unpaired) electrons. The number of nitrogens with one attached hydrogen (secondary N) is 1. The fourth-order valence-electron chi connectivity index (χ4n) is 2.48. The molecule has 0 aromatic heterocycles. The zero-order valence-electron chi connectivity index (χ0n) is 14.7. The van der Waals surface area contributed by atoms with Crippen LogP contribution in [0.25, 0.3) is 0 Å². The van der Waals surface area contributed by atoms with Gasteiger partial charge in [-0.15, -0.1) is 0 Å². The predicted molar refractivity (Wildman–Crippen MR) is 92.7 cm³/mol. The molecule has 0 fully saturated rings. The number of hydrogen-bond donors (Lipinski definition) is 1. The molecule has 0 saturated heterocycles. The second-order valence-corrected chi connectivity index (χ2v) is 6.54. The summed E-state index contributed by atoms with van der Waals surface area (Å²) in [5.41, 5.74) is 2.85. The van der Waals surface area contributed by atoms with Gasteiger partial charge in [0.15, 0.2) is 0 Å². The summed E-state index contributed by atoms with van der Waals surface area (Å²) in [6, 6.07) is 7.86. The van der Waals surface area contributed by atoms with Crippen LogP contribution in [0.4, 0.5) is 0 Å². The molecule has 1 atom stereocenters. The van der Waals surface area contributed by atoms with Crippen LogP contribution in [-0.2, 0) is 14.4 Å². The second-order valence-electron chi connectivity index (χ2n) is 6.54. The maximum Gasteiger partial charge on any atom is 0.267 e. The van der Waals surface area contributed by atoms with E-state index in [-0.39, 0.29) is 18.4 Å². The number of nitrogens with zero attached hydrogens (tertiary/aromatic N) is 2. The van der Waals surface area contributed by atoms with Crippen molar-refractivity contribution in [1.82, 2.24) is 10.2 Å². The molecular formula is C18H25N3O3. The monoisotopic (exact) mass is 331 g/mol. The molecule has 6 heteroatoms. The molecule has 130 valence electrons. The highest BCUT2D eigenvalue weighted by Gasteiger charge is 2.32. The van der Waals surface area contributed by atoms with Gasteiger partial charge in [0.05, 0.1) is 12.3 Å². The fraction of sp³-hybridized carbons (Fsp3) is 0.500. The Morgan fingerprint density at radius 3 is 2.75 bits per heavy atom. The lowest BCUT2D eigenvalue weighted by Crippen LogP contribution is -2.43. The molecule has 1 heterocycles. The highest BCUT2D eigenvalue weighted by atomic mass is 16.6. The third-order valence-electron chi connectivity index (χ3n) is 3.86. The fourth-order valence-corrected chi connectivity index (χ4v) is 2.48. The first-order valence-electron chi connectivity index (χ1n) is 8.19. The van der Waals surface area contributed by atoms with Crippen molar-refractivity contribution in [3.8, 4) is 0 Å². The van der Waals surface area contributed by atoms with Gasteiger partial charge in [-0.2, -0.15) is 0 Å². The number of hydrogen-bond acceptors (Lipinski definition) is 4. The molecule has 2 rings (SSSR count). The quantitative estimate of drug-likeness (QED) is 0.863. The standard InChI is InChI=1S/C18H25N3O3/c1-12(2)10-19-17(22)11-21(4)18(23)16-9-15(20-24-16)14-8-6-5-7-13(14)3/h5-8,12,16H,9-11H2,1-4H3,(H,19,22)/t16-/m0/s1. The van der Waals surface area contributed by atoms with Gasteiger partial charge in [-0.3, -0.25) is 9.59 Å². The van der Waals surface area contributed by atoms with Gasteiger partial charge in [-0.1, -0.05) is 43.3 Å². The van der Waals surface area contributed by atoms with Crippen LogP contribution in [0.15, 0.2) is 29.4 Å². The first kappa shape index (κ1) is 18.0. The minimum absolute atomic E-state index is 0.0190. The molecule has 0 bridgehead atoms. The summed E-state index contributed by atoms with van der Waals surface area (Å²) in [6.07, 6.45) is -0.246. The van der Waals surface area contributed by atoms with Gasteiger partial charge in [-0.05, 0) is 18.4 Å². The number of likely N-dealkylation sites (N-methyl/N-ethyl adjacent to an activating group) is 1. The largest absolute Gasteiger partial charge is 0.382 e. The molecule has 1 N–H and O–H groups in total. The summed E-state index contributed by atoms with van der Waals surface area (Å²) < 4.78 is 0. The molecule has 1 aromatic carbocycles. The van der Waals surface area contributed by atoms with Crippen molar-refractivity contribution in [3.63, 3.8) is 0 Å². The number of oxime groups is 1. The van der Waals surface area contributed by atoms with Gasteiger partial charge in [-0.25, -0.2) is 0 Å². The van der Waals surface area contributed by atoms with E-state index in [9.17, 15) is 9.59 Å². The minimum Gasteiger partial charge on any atom is -0.382 e. The zero-order valence-corrected chi connectivity index (χ0v) is 14.7. The van der Waals surface area contributed by atoms with Crippen molar-refractivity contribution in [2.24, 2.45) is 11.1 Å². The Kier molecular flexibility index (Phi) is 5.95. The van der Waals surface area contributed by atoms with E-state index >= 15 is 0 Å². The van der Waals surface area contributed by atoms with E-state index in [1.807, 2.05) is 45.0 Å². The lowest BCUT2D eigenvalue weighted by molar-refractivity contribution is -0.143. The summed E-state index contributed by atoms with van der Waals surface area (Å²) >= 11 is 0. The van der Waals surface area contributed by atoms with Crippen LogP contribution in [-0.4, -0.2) is 48.7 Å². The van der Waals surface area contributed by atoms with Crippen molar-refractivity contribution in [2.75, 3.05) is 20.1 Å². The Balaban J connectivity index is 1.88. The smallest absolute Gasteiger partial charge is 0.267 e. The van der Waals surface area contributed by atoms with Gasteiger partial charge in [0.25, 0.3) is 5.91 Å². The van der Waals surface area contributed by atoms with E-state index in [0.717, 1.165) is 16.8 Å². The lowest BCUT2D eigenvalue weighted by atomic mass is 10.00. The Bertz CT molecular complexity index is 640. The van der Waals surface area contributed by atoms with Crippen molar-refractivity contribution in [3.05, 3.63) is 35.4 Å². The number of rotatable bonds is 6. The van der Waals surface area contributed by atoms with Crippen molar-refractivity contribution in [2.45, 2.75) is 33.3 Å². The summed E-state index contributed by atoms with van der Waals surface area (Å²) in [5.74, 6) is -0.0298. The van der Waals surface area contributed by atoms with E-state index in [0.29, 0.717) is 18.9 Å². The predicted octanol–water partition coefficient (Wildman–Crippen LogP) is 1.72. The molecule has 0 unspecified atom stereocenters. The summed E-state index contributed by atoms with van der Waals surface area (Å²) in [7, 11) is 1.60. The molecule has 0 spiro atoms. The molecule has 0 aliphatic carbocycles. The molecule has 24 heavy (non-hydrogen) atoms. The molecule has 1 aliphatic heterocycles. The molecule has 2 amide bonds. The summed E-state index contributed by atoms with van der Waals surface area (Å²) in [4.78, 5) is 30.9. The Hall–Kier alpha value is -2.37. The second kappa shape index (κ2) is 7.95. The van der Waals surface area contributed by atoms with Crippen LogP contribution >= 0.6 is 0 Å². The molecule has 1 aliphatic rings. The first-order chi connectivity index (χ1) is 11.4. The highest BCUT2D eigenvalue weighted by Crippen LogP contribution is 2.20. The Morgan fingerprint density at radius 2 is 2.08 bits per heavy atom. The van der Waals surface area contributed by atoms with Gasteiger partial charge in [0, 0.05) is 25.6 Å². The van der Waals surface area contributed by atoms with E-state index in [1.165, 1.54) is 4.90 Å². The minimum atomic E-state index is -0.664. The number of aryl methyl sites for hydroxylation is 1. The van der Waals surface area contributed by atoms with Crippen molar-refractivity contribution >= 4 is 17.5 Å². The van der Waals surface area contributed by atoms with Crippen molar-refractivity contribution in [1.29, 1.82) is 0 Å². The number of amides is 2. The summed E-state index contributed by atoms with van der Waals surface area (Å²) in [5, 5.41) is 6.86. The summed E-state index contributed by atoms with van der Waals surface area (Å²) in [6.45, 7) is 6.66. The van der Waals surface area contributed by atoms with Crippen molar-refractivity contribution < 1.29 is 14.4 Å². The number of carbonyl (C=O) groups excluding carboxylic acids is 2. The van der Waals surface area contributed by atoms with Crippen LogP contribution in [0.2, 0.25) is 0 Å². The first-order valence-corrected chi connectivity index (χ1v) is 8.19. The molecular weight excluding hydrogens is 306 g/mol. The SMILES string of the molecule is Cc1ccccc1C1=NO[C@H](C(=O)N(C)CC(=O)NCC(C)C)C1. The average molecular weight is 331 g/mol.